The van der Waals surface area contributed by atoms with Crippen molar-refractivity contribution < 1.29 is 14.7 Å². The highest BCUT2D eigenvalue weighted by molar-refractivity contribution is 5.96. The van der Waals surface area contributed by atoms with E-state index in [2.05, 4.69) is 5.32 Å². The van der Waals surface area contributed by atoms with Crippen molar-refractivity contribution in [1.82, 2.24) is 4.57 Å². The molecule has 5 nitrogen and oxygen atoms in total. The summed E-state index contributed by atoms with van der Waals surface area (Å²) in [6.07, 6.45) is 2.24. The van der Waals surface area contributed by atoms with Crippen molar-refractivity contribution in [3.8, 4) is 0 Å². The molecule has 2 aromatic carbocycles. The average Bonchev–Trinajstić information content (AvgIpc) is 2.85. The van der Waals surface area contributed by atoms with Gasteiger partial charge in [0.05, 0.1) is 12.8 Å². The van der Waals surface area contributed by atoms with Crippen molar-refractivity contribution in [2.24, 2.45) is 7.05 Å². The lowest BCUT2D eigenvalue weighted by atomic mass is 10.1. The van der Waals surface area contributed by atoms with Gasteiger partial charge in [-0.15, -0.1) is 0 Å². The molecule has 0 radical (unpaired) electrons. The normalized spacial score (nSPS) is 10.7. The summed E-state index contributed by atoms with van der Waals surface area (Å²) < 4.78 is 2.01. The van der Waals surface area contributed by atoms with Crippen LogP contribution in [0.2, 0.25) is 0 Å². The second-order valence-corrected chi connectivity index (χ2v) is 5.77. The summed E-state index contributed by atoms with van der Waals surface area (Å²) in [5, 5.41) is 12.7. The van der Waals surface area contributed by atoms with Crippen molar-refractivity contribution in [2.75, 3.05) is 5.32 Å². The lowest BCUT2D eigenvalue weighted by Crippen LogP contribution is -2.14. The van der Waals surface area contributed by atoms with E-state index in [0.717, 1.165) is 16.5 Å². The van der Waals surface area contributed by atoms with Crippen LogP contribution in [0, 0.1) is 0 Å². The van der Waals surface area contributed by atoms with E-state index in [9.17, 15) is 9.59 Å². The van der Waals surface area contributed by atoms with E-state index >= 15 is 0 Å². The van der Waals surface area contributed by atoms with E-state index in [1.54, 1.807) is 24.3 Å². The summed E-state index contributed by atoms with van der Waals surface area (Å²) in [4.78, 5) is 23.0. The van der Waals surface area contributed by atoms with E-state index in [4.69, 9.17) is 5.11 Å². The summed E-state index contributed by atoms with van der Waals surface area (Å²) >= 11 is 0. The Hall–Kier alpha value is -3.08. The molecule has 0 aliphatic heterocycles. The van der Waals surface area contributed by atoms with Crippen LogP contribution >= 0.6 is 0 Å². The number of nitrogens with one attached hydrogen (secondary N) is 1. The zero-order chi connectivity index (χ0) is 17.1. The number of aryl methyl sites for hydroxylation is 1. The molecule has 0 unspecified atom stereocenters. The Morgan fingerprint density at radius 3 is 2.46 bits per heavy atom. The molecular formula is C19H18N2O3. The molecule has 0 saturated heterocycles. The maximum atomic E-state index is 12.3. The highest BCUT2D eigenvalue weighted by atomic mass is 16.4. The molecule has 1 aromatic heterocycles. The van der Waals surface area contributed by atoms with E-state index in [1.165, 1.54) is 0 Å². The Bertz CT molecular complexity index is 895. The first-order valence-corrected chi connectivity index (χ1v) is 7.66. The molecule has 1 heterocycles. The van der Waals surface area contributed by atoms with Gasteiger partial charge in [0.15, 0.2) is 0 Å². The molecular weight excluding hydrogens is 304 g/mol. The molecule has 122 valence electrons. The molecule has 0 aliphatic rings. The summed E-state index contributed by atoms with van der Waals surface area (Å²) in [6, 6.07) is 14.8. The highest BCUT2D eigenvalue weighted by Gasteiger charge is 2.10. The number of amides is 1. The minimum atomic E-state index is -0.872. The molecule has 5 heteroatoms. The summed E-state index contributed by atoms with van der Waals surface area (Å²) in [5.74, 6) is -0.972. The topological polar surface area (TPSA) is 71.3 Å². The Morgan fingerprint density at radius 1 is 1.04 bits per heavy atom. The maximum absolute atomic E-state index is 12.3. The number of rotatable bonds is 5. The average molecular weight is 322 g/mol. The van der Waals surface area contributed by atoms with Crippen molar-refractivity contribution in [3.63, 3.8) is 0 Å². The molecule has 0 saturated carbocycles. The molecule has 1 amide bonds. The fraction of sp³-hybridized carbons (Fsp3) is 0.158. The minimum Gasteiger partial charge on any atom is -0.481 e. The number of anilines is 1. The Morgan fingerprint density at radius 2 is 1.75 bits per heavy atom. The molecule has 0 spiro atoms. The number of hydrogen-bond donors (Lipinski definition) is 2. The Labute approximate surface area is 139 Å². The van der Waals surface area contributed by atoms with Crippen molar-refractivity contribution in [1.29, 1.82) is 0 Å². The van der Waals surface area contributed by atoms with Gasteiger partial charge in [0, 0.05) is 29.8 Å². The van der Waals surface area contributed by atoms with Gasteiger partial charge in [-0.25, -0.2) is 0 Å². The molecule has 3 aromatic rings. The SMILES string of the molecule is Cn1cc(CC(=O)Nc2ccc(CC(=O)O)cc2)c2ccccc21. The first-order chi connectivity index (χ1) is 11.5. The molecule has 0 bridgehead atoms. The third-order valence-corrected chi connectivity index (χ3v) is 3.92. The molecule has 0 aliphatic carbocycles. The summed E-state index contributed by atoms with van der Waals surface area (Å²) in [6.45, 7) is 0. The monoisotopic (exact) mass is 322 g/mol. The predicted octanol–water partition coefficient (Wildman–Crippen LogP) is 2.99. The van der Waals surface area contributed by atoms with Gasteiger partial charge in [-0.05, 0) is 29.3 Å². The van der Waals surface area contributed by atoms with Gasteiger partial charge in [0.1, 0.15) is 0 Å². The number of nitrogens with zero attached hydrogens (tertiary/aromatic N) is 1. The van der Waals surface area contributed by atoms with Gasteiger partial charge in [-0.2, -0.15) is 0 Å². The Kier molecular flexibility index (Phi) is 4.33. The third kappa shape index (κ3) is 3.46. The van der Waals surface area contributed by atoms with E-state index < -0.39 is 5.97 Å². The third-order valence-electron chi connectivity index (χ3n) is 3.92. The van der Waals surface area contributed by atoms with Crippen molar-refractivity contribution in [2.45, 2.75) is 12.8 Å². The lowest BCUT2D eigenvalue weighted by molar-refractivity contribution is -0.136. The number of benzene rings is 2. The number of para-hydroxylation sites is 1. The molecule has 3 rings (SSSR count). The van der Waals surface area contributed by atoms with Gasteiger partial charge in [-0.1, -0.05) is 30.3 Å². The number of aliphatic carboxylic acids is 1. The van der Waals surface area contributed by atoms with E-state index in [-0.39, 0.29) is 18.7 Å². The lowest BCUT2D eigenvalue weighted by Gasteiger charge is -2.06. The number of hydrogen-bond acceptors (Lipinski definition) is 2. The summed E-state index contributed by atoms with van der Waals surface area (Å²) in [7, 11) is 1.96. The number of carbonyl (C=O) groups excluding carboxylic acids is 1. The summed E-state index contributed by atoms with van der Waals surface area (Å²) in [5.41, 5.74) is 3.44. The second kappa shape index (κ2) is 6.58. The van der Waals surface area contributed by atoms with Gasteiger partial charge < -0.3 is 15.0 Å². The standard InChI is InChI=1S/C19H18N2O3/c1-21-12-14(16-4-2-3-5-17(16)21)11-18(22)20-15-8-6-13(7-9-15)10-19(23)24/h2-9,12H,10-11H2,1H3,(H,20,22)(H,23,24). The van der Waals surface area contributed by atoms with Crippen LogP contribution in [0.25, 0.3) is 10.9 Å². The van der Waals surface area contributed by atoms with Crippen LogP contribution in [-0.4, -0.2) is 21.6 Å². The van der Waals surface area contributed by atoms with Crippen molar-refractivity contribution in [3.05, 3.63) is 65.9 Å². The van der Waals surface area contributed by atoms with Crippen molar-refractivity contribution >= 4 is 28.5 Å². The first kappa shape index (κ1) is 15.8. The van der Waals surface area contributed by atoms with Crippen LogP contribution in [-0.2, 0) is 29.5 Å². The fourth-order valence-electron chi connectivity index (χ4n) is 2.83. The van der Waals surface area contributed by atoms with Gasteiger partial charge >= 0.3 is 5.97 Å². The number of aromatic nitrogens is 1. The highest BCUT2D eigenvalue weighted by Crippen LogP contribution is 2.21. The van der Waals surface area contributed by atoms with E-state index in [1.807, 2.05) is 42.1 Å². The fourth-order valence-corrected chi connectivity index (χ4v) is 2.83. The van der Waals surface area contributed by atoms with Crippen LogP contribution in [0.1, 0.15) is 11.1 Å². The molecule has 24 heavy (non-hydrogen) atoms. The predicted molar refractivity (Wildman–Crippen MR) is 93.0 cm³/mol. The first-order valence-electron chi connectivity index (χ1n) is 7.66. The minimum absolute atomic E-state index is 0.0236. The van der Waals surface area contributed by atoms with Crippen LogP contribution in [0.3, 0.4) is 0 Å². The van der Waals surface area contributed by atoms with Gasteiger partial charge in [-0.3, -0.25) is 9.59 Å². The zero-order valence-electron chi connectivity index (χ0n) is 13.3. The Balaban J connectivity index is 1.70. The number of carbonyl (C=O) groups is 2. The number of fused-ring (bicyclic) bond motifs is 1. The quantitative estimate of drug-likeness (QED) is 0.758. The van der Waals surface area contributed by atoms with Gasteiger partial charge in [0.25, 0.3) is 0 Å². The van der Waals surface area contributed by atoms with Crippen LogP contribution in [0.15, 0.2) is 54.7 Å². The smallest absolute Gasteiger partial charge is 0.307 e. The van der Waals surface area contributed by atoms with Crippen LogP contribution < -0.4 is 5.32 Å². The molecule has 0 fully saturated rings. The van der Waals surface area contributed by atoms with Crippen LogP contribution in [0.5, 0.6) is 0 Å². The maximum Gasteiger partial charge on any atom is 0.307 e. The second-order valence-electron chi connectivity index (χ2n) is 5.77. The molecule has 2 N–H and O–H groups in total. The zero-order valence-corrected chi connectivity index (χ0v) is 13.3. The molecule has 0 atom stereocenters. The van der Waals surface area contributed by atoms with Crippen LogP contribution in [0.4, 0.5) is 5.69 Å². The number of carboxylic acids is 1. The van der Waals surface area contributed by atoms with Gasteiger partial charge in [0.2, 0.25) is 5.91 Å². The number of carboxylic acid groups (broad SMARTS) is 1. The largest absolute Gasteiger partial charge is 0.481 e. The van der Waals surface area contributed by atoms with E-state index in [0.29, 0.717) is 11.3 Å².